The minimum absolute atomic E-state index is 0.215. The maximum atomic E-state index is 9.05. The van der Waals surface area contributed by atoms with Crippen molar-refractivity contribution >= 4 is 11.3 Å². The highest BCUT2D eigenvalue weighted by molar-refractivity contribution is 5.75. The van der Waals surface area contributed by atoms with E-state index in [-0.39, 0.29) is 11.4 Å². The molecule has 1 heterocycles. The number of rotatable bonds is 5. The van der Waals surface area contributed by atoms with E-state index < -0.39 is 0 Å². The van der Waals surface area contributed by atoms with Crippen molar-refractivity contribution in [2.45, 2.75) is 0 Å². The van der Waals surface area contributed by atoms with Crippen molar-refractivity contribution in [1.82, 2.24) is 20.6 Å². The Labute approximate surface area is 115 Å². The maximum absolute atomic E-state index is 9.05. The molecule has 8 nitrogen and oxygen atoms in total. The quantitative estimate of drug-likeness (QED) is 0.787. The molecule has 2 aromatic rings. The summed E-state index contributed by atoms with van der Waals surface area (Å²) < 4.78 is 10.3. The standard InChI is InChI=1S/C12H12N6O2/c1-19-9-3-4-10(11(5-9)20-2)14-7-8(6-13)12-15-17-18-16-12/h3-5,7,14H,1-2H3,(H,15,16,17,18). The topological polar surface area (TPSA) is 109 Å². The van der Waals surface area contributed by atoms with Crippen LogP contribution in [0.5, 0.6) is 11.5 Å². The molecule has 0 aliphatic heterocycles. The number of anilines is 1. The van der Waals surface area contributed by atoms with Crippen molar-refractivity contribution in [3.8, 4) is 17.6 Å². The molecule has 0 bridgehead atoms. The van der Waals surface area contributed by atoms with E-state index >= 15 is 0 Å². The second-order valence-electron chi connectivity index (χ2n) is 3.62. The molecule has 8 heteroatoms. The predicted molar refractivity (Wildman–Crippen MR) is 70.9 cm³/mol. The highest BCUT2D eigenvalue weighted by Crippen LogP contribution is 2.29. The summed E-state index contributed by atoms with van der Waals surface area (Å²) in [6.45, 7) is 0. The van der Waals surface area contributed by atoms with Gasteiger partial charge in [0, 0.05) is 12.3 Å². The van der Waals surface area contributed by atoms with Crippen LogP contribution in [0, 0.1) is 11.3 Å². The number of tetrazole rings is 1. The van der Waals surface area contributed by atoms with Crippen LogP contribution in [0.3, 0.4) is 0 Å². The van der Waals surface area contributed by atoms with Crippen LogP contribution in [0.4, 0.5) is 5.69 Å². The van der Waals surface area contributed by atoms with Crippen LogP contribution < -0.4 is 14.8 Å². The number of aromatic amines is 1. The number of nitrogens with one attached hydrogen (secondary N) is 2. The zero-order valence-electron chi connectivity index (χ0n) is 10.9. The maximum Gasteiger partial charge on any atom is 0.216 e. The molecule has 0 unspecified atom stereocenters. The van der Waals surface area contributed by atoms with Gasteiger partial charge >= 0.3 is 0 Å². The van der Waals surface area contributed by atoms with Crippen LogP contribution in [-0.2, 0) is 0 Å². The number of ether oxygens (including phenoxy) is 2. The first kappa shape index (κ1) is 13.4. The Balaban J connectivity index is 2.24. The molecule has 0 fully saturated rings. The van der Waals surface area contributed by atoms with Gasteiger partial charge in [-0.15, -0.1) is 10.2 Å². The molecule has 1 aromatic heterocycles. The van der Waals surface area contributed by atoms with E-state index in [0.717, 1.165) is 0 Å². The van der Waals surface area contributed by atoms with Crippen molar-refractivity contribution in [2.24, 2.45) is 0 Å². The first-order valence-corrected chi connectivity index (χ1v) is 5.61. The Morgan fingerprint density at radius 3 is 2.85 bits per heavy atom. The molecule has 20 heavy (non-hydrogen) atoms. The van der Waals surface area contributed by atoms with Gasteiger partial charge in [0.2, 0.25) is 5.82 Å². The van der Waals surface area contributed by atoms with Gasteiger partial charge in [-0.25, -0.2) is 0 Å². The van der Waals surface area contributed by atoms with Gasteiger partial charge in [0.15, 0.2) is 0 Å². The van der Waals surface area contributed by atoms with Gasteiger partial charge in [0.25, 0.3) is 0 Å². The SMILES string of the molecule is COc1ccc(NC=C(C#N)c2nn[nH]n2)c(OC)c1. The van der Waals surface area contributed by atoms with Crippen LogP contribution in [0.2, 0.25) is 0 Å². The minimum Gasteiger partial charge on any atom is -0.497 e. The number of benzene rings is 1. The van der Waals surface area contributed by atoms with E-state index in [1.807, 2.05) is 6.07 Å². The lowest BCUT2D eigenvalue weighted by atomic mass is 10.2. The number of H-pyrrole nitrogens is 1. The van der Waals surface area contributed by atoms with E-state index in [2.05, 4.69) is 25.9 Å². The second kappa shape index (κ2) is 6.19. The van der Waals surface area contributed by atoms with E-state index in [0.29, 0.717) is 17.2 Å². The minimum atomic E-state index is 0.215. The second-order valence-corrected chi connectivity index (χ2v) is 3.62. The lowest BCUT2D eigenvalue weighted by Crippen LogP contribution is -1.96. The monoisotopic (exact) mass is 272 g/mol. The largest absolute Gasteiger partial charge is 0.497 e. The van der Waals surface area contributed by atoms with Crippen LogP contribution >= 0.6 is 0 Å². The molecule has 0 atom stereocenters. The summed E-state index contributed by atoms with van der Waals surface area (Å²) in [6.07, 6.45) is 1.48. The lowest BCUT2D eigenvalue weighted by molar-refractivity contribution is 0.395. The number of aromatic nitrogens is 4. The normalized spacial score (nSPS) is 10.8. The van der Waals surface area contributed by atoms with E-state index in [9.17, 15) is 0 Å². The molecular weight excluding hydrogens is 260 g/mol. The molecule has 0 saturated carbocycles. The zero-order chi connectivity index (χ0) is 14.4. The molecule has 0 spiro atoms. The number of hydrogen-bond donors (Lipinski definition) is 2. The van der Waals surface area contributed by atoms with Crippen LogP contribution in [0.15, 0.2) is 24.4 Å². The predicted octanol–water partition coefficient (Wildman–Crippen LogP) is 1.19. The molecule has 0 radical (unpaired) electrons. The van der Waals surface area contributed by atoms with Crippen molar-refractivity contribution in [2.75, 3.05) is 19.5 Å². The average Bonchev–Trinajstić information content (AvgIpc) is 3.02. The van der Waals surface area contributed by atoms with Crippen molar-refractivity contribution in [1.29, 1.82) is 5.26 Å². The summed E-state index contributed by atoms with van der Waals surface area (Å²) in [5.74, 6) is 1.48. The molecule has 0 amide bonds. The van der Waals surface area contributed by atoms with Gasteiger partial charge in [-0.3, -0.25) is 0 Å². The fourth-order valence-corrected chi connectivity index (χ4v) is 1.49. The fourth-order valence-electron chi connectivity index (χ4n) is 1.49. The van der Waals surface area contributed by atoms with Gasteiger partial charge in [-0.2, -0.15) is 10.5 Å². The summed E-state index contributed by atoms with van der Waals surface area (Å²) >= 11 is 0. The Bertz CT molecular complexity index is 644. The Morgan fingerprint density at radius 2 is 2.25 bits per heavy atom. The zero-order valence-corrected chi connectivity index (χ0v) is 10.9. The molecule has 2 rings (SSSR count). The Kier molecular flexibility index (Phi) is 4.14. The molecule has 0 aliphatic carbocycles. The van der Waals surface area contributed by atoms with Crippen LogP contribution in [-0.4, -0.2) is 34.8 Å². The molecule has 1 aromatic carbocycles. The molecular formula is C12H12N6O2. The molecule has 102 valence electrons. The number of allylic oxidation sites excluding steroid dienone is 1. The average molecular weight is 272 g/mol. The van der Waals surface area contributed by atoms with Crippen molar-refractivity contribution < 1.29 is 9.47 Å². The Morgan fingerprint density at radius 1 is 1.40 bits per heavy atom. The highest BCUT2D eigenvalue weighted by atomic mass is 16.5. The van der Waals surface area contributed by atoms with E-state index in [1.165, 1.54) is 6.20 Å². The van der Waals surface area contributed by atoms with Crippen molar-refractivity contribution in [3.05, 3.63) is 30.2 Å². The third kappa shape index (κ3) is 2.84. The third-order valence-electron chi connectivity index (χ3n) is 2.49. The molecule has 2 N–H and O–H groups in total. The summed E-state index contributed by atoms with van der Waals surface area (Å²) in [5.41, 5.74) is 0.932. The van der Waals surface area contributed by atoms with Gasteiger partial charge in [0.05, 0.1) is 19.9 Å². The first-order chi connectivity index (χ1) is 9.78. The summed E-state index contributed by atoms with van der Waals surface area (Å²) in [6, 6.07) is 7.27. The van der Waals surface area contributed by atoms with Crippen LogP contribution in [0.1, 0.15) is 5.82 Å². The van der Waals surface area contributed by atoms with Crippen LogP contribution in [0.25, 0.3) is 5.57 Å². The number of nitrogens with zero attached hydrogens (tertiary/aromatic N) is 4. The summed E-state index contributed by atoms with van der Waals surface area (Å²) in [5, 5.41) is 25.2. The van der Waals surface area contributed by atoms with Gasteiger partial charge in [-0.05, 0) is 17.3 Å². The van der Waals surface area contributed by atoms with E-state index in [1.54, 1.807) is 32.4 Å². The first-order valence-electron chi connectivity index (χ1n) is 5.61. The smallest absolute Gasteiger partial charge is 0.216 e. The fraction of sp³-hybridized carbons (Fsp3) is 0.167. The van der Waals surface area contributed by atoms with Gasteiger partial charge in [-0.1, -0.05) is 0 Å². The molecule has 0 aliphatic rings. The van der Waals surface area contributed by atoms with Gasteiger partial charge in [0.1, 0.15) is 23.1 Å². The number of methoxy groups -OCH3 is 2. The number of nitriles is 1. The molecule has 0 saturated heterocycles. The van der Waals surface area contributed by atoms with E-state index in [4.69, 9.17) is 14.7 Å². The van der Waals surface area contributed by atoms with Gasteiger partial charge < -0.3 is 14.8 Å². The highest BCUT2D eigenvalue weighted by Gasteiger charge is 2.07. The summed E-state index contributed by atoms with van der Waals surface area (Å²) in [7, 11) is 3.12. The third-order valence-corrected chi connectivity index (χ3v) is 2.49. The lowest BCUT2D eigenvalue weighted by Gasteiger charge is -2.10. The van der Waals surface area contributed by atoms with Crippen molar-refractivity contribution in [3.63, 3.8) is 0 Å². The Hall–Kier alpha value is -3.08. The summed E-state index contributed by atoms with van der Waals surface area (Å²) in [4.78, 5) is 0. The number of hydrogen-bond acceptors (Lipinski definition) is 7.